The van der Waals surface area contributed by atoms with Gasteiger partial charge in [-0.2, -0.15) is 4.39 Å². The molecule has 1 atom stereocenters. The number of ether oxygens (including phenoxy) is 1. The zero-order valence-electron chi connectivity index (χ0n) is 15.8. The second-order valence-corrected chi connectivity index (χ2v) is 8.71. The van der Waals surface area contributed by atoms with Gasteiger partial charge in [-0.25, -0.2) is 4.39 Å². The number of halogens is 2. The van der Waals surface area contributed by atoms with Crippen molar-refractivity contribution in [3.63, 3.8) is 0 Å². The first-order valence-corrected chi connectivity index (χ1v) is 10.4. The zero-order valence-corrected chi connectivity index (χ0v) is 15.8. The van der Waals surface area contributed by atoms with Gasteiger partial charge in [-0.05, 0) is 106 Å². The first kappa shape index (κ1) is 18.0. The third-order valence-corrected chi connectivity index (χ3v) is 6.97. The van der Waals surface area contributed by atoms with E-state index in [1.165, 1.54) is 56.6 Å². The largest absolute Gasteiger partial charge is 0.486 e. The quantitative estimate of drug-likeness (QED) is 0.538. The molecule has 142 valence electrons. The molecule has 1 aromatic rings. The average molecular weight is 360 g/mol. The predicted octanol–water partition coefficient (Wildman–Crippen LogP) is 6.59. The first-order valence-electron chi connectivity index (χ1n) is 10.4. The fourth-order valence-corrected chi connectivity index (χ4v) is 5.03. The van der Waals surface area contributed by atoms with E-state index in [1.807, 2.05) is 0 Å². The Morgan fingerprint density at radius 2 is 1.46 bits per heavy atom. The second kappa shape index (κ2) is 7.70. The van der Waals surface area contributed by atoms with E-state index in [0.29, 0.717) is 12.2 Å². The fraction of sp³-hybridized carbons (Fsp3) is 0.652. The maximum absolute atomic E-state index is 13.9. The molecule has 0 aromatic heterocycles. The lowest BCUT2D eigenvalue weighted by Crippen LogP contribution is -2.24. The van der Waals surface area contributed by atoms with Gasteiger partial charge in [0.05, 0.1) is 0 Å². The monoisotopic (exact) mass is 360 g/mol. The third kappa shape index (κ3) is 3.97. The van der Waals surface area contributed by atoms with Gasteiger partial charge in [-0.1, -0.05) is 12.1 Å². The van der Waals surface area contributed by atoms with Crippen molar-refractivity contribution in [3.8, 4) is 5.75 Å². The molecule has 3 aliphatic carbocycles. The lowest BCUT2D eigenvalue weighted by Gasteiger charge is -2.35. The summed E-state index contributed by atoms with van der Waals surface area (Å²) in [5.74, 6) is 2.15. The van der Waals surface area contributed by atoms with E-state index in [-0.39, 0.29) is 5.75 Å². The summed E-state index contributed by atoms with van der Waals surface area (Å²) in [6.07, 6.45) is 14.4. The summed E-state index contributed by atoms with van der Waals surface area (Å²) in [7, 11) is 0. The minimum Gasteiger partial charge on any atom is -0.486 e. The molecule has 3 aliphatic rings. The molecule has 0 bridgehead atoms. The zero-order chi connectivity index (χ0) is 18.1. The molecule has 1 aromatic carbocycles. The lowest BCUT2D eigenvalue weighted by atomic mass is 9.70. The number of rotatable bonds is 5. The molecule has 1 unspecified atom stereocenters. The molecule has 2 saturated carbocycles. The smallest absolute Gasteiger partial charge is 0.200 e. The Morgan fingerprint density at radius 3 is 2.04 bits per heavy atom. The molecular formula is C23H30F2O. The van der Waals surface area contributed by atoms with E-state index in [9.17, 15) is 8.78 Å². The lowest BCUT2D eigenvalue weighted by molar-refractivity contribution is 0.179. The Hall–Kier alpha value is -1.38. The third-order valence-electron chi connectivity index (χ3n) is 6.97. The maximum atomic E-state index is 13.9. The molecular weight excluding hydrogens is 330 g/mol. The topological polar surface area (TPSA) is 9.23 Å². The summed E-state index contributed by atoms with van der Waals surface area (Å²) < 4.78 is 33.1. The summed E-state index contributed by atoms with van der Waals surface area (Å²) in [5.41, 5.74) is 1.54. The van der Waals surface area contributed by atoms with Crippen molar-refractivity contribution < 1.29 is 13.5 Å². The van der Waals surface area contributed by atoms with Crippen molar-refractivity contribution >= 4 is 0 Å². The molecule has 0 radical (unpaired) electrons. The Labute approximate surface area is 155 Å². The number of allylic oxidation sites excluding steroid dienone is 1. The van der Waals surface area contributed by atoms with Crippen LogP contribution < -0.4 is 4.74 Å². The summed E-state index contributed by atoms with van der Waals surface area (Å²) in [6.45, 7) is 1.94. The van der Waals surface area contributed by atoms with E-state index < -0.39 is 11.6 Å². The summed E-state index contributed by atoms with van der Waals surface area (Å²) >= 11 is 0. The Bertz CT molecular complexity index is 669. The highest BCUT2D eigenvalue weighted by molar-refractivity contribution is 5.30. The van der Waals surface area contributed by atoms with Gasteiger partial charge in [-0.15, -0.1) is 0 Å². The highest BCUT2D eigenvalue weighted by Crippen LogP contribution is 2.47. The molecule has 0 heterocycles. The van der Waals surface area contributed by atoms with Crippen LogP contribution in [0.15, 0.2) is 23.8 Å². The number of benzene rings is 1. The maximum Gasteiger partial charge on any atom is 0.200 e. The van der Waals surface area contributed by atoms with E-state index >= 15 is 0 Å². The van der Waals surface area contributed by atoms with Gasteiger partial charge in [-0.3, -0.25) is 0 Å². The summed E-state index contributed by atoms with van der Waals surface area (Å²) in [4.78, 5) is 0. The van der Waals surface area contributed by atoms with Gasteiger partial charge >= 0.3 is 0 Å². The first-order chi connectivity index (χ1) is 12.6. The number of aryl methyl sites for hydroxylation is 1. The highest BCUT2D eigenvalue weighted by Gasteiger charge is 2.36. The molecule has 1 nitrogen and oxygen atoms in total. The van der Waals surface area contributed by atoms with Crippen LogP contribution in [0.2, 0.25) is 0 Å². The van der Waals surface area contributed by atoms with E-state index in [4.69, 9.17) is 4.74 Å². The standard InChI is InChI=1S/C23H30F2O/c1-15-2-13-21(23(25)22(15)24)26-14-16-3-5-17(6-4-16)18-7-9-19(10-8-18)20-11-12-20/h2-3,13,17-20H,4-12,14H2,1H3. The van der Waals surface area contributed by atoms with Crippen LogP contribution in [0.4, 0.5) is 8.78 Å². The van der Waals surface area contributed by atoms with Crippen molar-refractivity contribution in [2.24, 2.45) is 23.7 Å². The normalized spacial score (nSPS) is 29.3. The van der Waals surface area contributed by atoms with Crippen molar-refractivity contribution in [2.45, 2.75) is 64.7 Å². The van der Waals surface area contributed by atoms with Crippen LogP contribution in [0, 0.1) is 42.2 Å². The predicted molar refractivity (Wildman–Crippen MR) is 100 cm³/mol. The average Bonchev–Trinajstić information content (AvgIpc) is 3.52. The van der Waals surface area contributed by atoms with Crippen molar-refractivity contribution in [2.75, 3.05) is 6.61 Å². The number of hydrogen-bond acceptors (Lipinski definition) is 1. The molecule has 2 fully saturated rings. The van der Waals surface area contributed by atoms with Gasteiger partial charge in [0, 0.05) is 0 Å². The molecule has 26 heavy (non-hydrogen) atoms. The van der Waals surface area contributed by atoms with Crippen molar-refractivity contribution in [1.82, 2.24) is 0 Å². The van der Waals surface area contributed by atoms with Gasteiger partial charge < -0.3 is 4.74 Å². The minimum atomic E-state index is -0.869. The fourth-order valence-electron chi connectivity index (χ4n) is 5.03. The van der Waals surface area contributed by atoms with Crippen molar-refractivity contribution in [1.29, 1.82) is 0 Å². The molecule has 4 rings (SSSR count). The SMILES string of the molecule is Cc1ccc(OCC2=CCC(C3CCC(C4CC4)CC3)CC2)c(F)c1F. The Kier molecular flexibility index (Phi) is 5.33. The second-order valence-electron chi connectivity index (χ2n) is 8.71. The minimum absolute atomic E-state index is 0.0227. The van der Waals surface area contributed by atoms with Crippen LogP contribution in [0.1, 0.15) is 63.4 Å². The van der Waals surface area contributed by atoms with Gasteiger partial charge in [0.2, 0.25) is 5.82 Å². The van der Waals surface area contributed by atoms with Crippen LogP contribution >= 0.6 is 0 Å². The van der Waals surface area contributed by atoms with Crippen LogP contribution in [0.25, 0.3) is 0 Å². The molecule has 0 N–H and O–H groups in total. The van der Waals surface area contributed by atoms with Gasteiger partial charge in [0.15, 0.2) is 11.6 Å². The van der Waals surface area contributed by atoms with Crippen LogP contribution in [-0.4, -0.2) is 6.61 Å². The van der Waals surface area contributed by atoms with Gasteiger partial charge in [0.1, 0.15) is 6.61 Å². The molecule has 0 amide bonds. The molecule has 0 saturated heterocycles. The molecule has 0 aliphatic heterocycles. The van der Waals surface area contributed by atoms with Crippen LogP contribution in [0.3, 0.4) is 0 Å². The van der Waals surface area contributed by atoms with Gasteiger partial charge in [0.25, 0.3) is 0 Å². The Balaban J connectivity index is 1.26. The summed E-state index contributed by atoms with van der Waals surface area (Å²) in [5, 5.41) is 0. The highest BCUT2D eigenvalue weighted by atomic mass is 19.2. The van der Waals surface area contributed by atoms with E-state index in [2.05, 4.69) is 6.08 Å². The van der Waals surface area contributed by atoms with E-state index in [0.717, 1.165) is 36.5 Å². The van der Waals surface area contributed by atoms with Crippen LogP contribution in [-0.2, 0) is 0 Å². The Morgan fingerprint density at radius 1 is 0.846 bits per heavy atom. The van der Waals surface area contributed by atoms with Crippen LogP contribution in [0.5, 0.6) is 5.75 Å². The molecule has 0 spiro atoms. The number of hydrogen-bond donors (Lipinski definition) is 0. The summed E-state index contributed by atoms with van der Waals surface area (Å²) in [6, 6.07) is 3.09. The molecule has 3 heteroatoms. The van der Waals surface area contributed by atoms with E-state index in [1.54, 1.807) is 13.0 Å². The van der Waals surface area contributed by atoms with Crippen molar-refractivity contribution in [3.05, 3.63) is 41.0 Å².